The molecule has 9 heteroatoms. The molecule has 31 heavy (non-hydrogen) atoms. The molecule has 2 N–H and O–H groups in total. The summed E-state index contributed by atoms with van der Waals surface area (Å²) in [6.45, 7) is 0.553. The van der Waals surface area contributed by atoms with Gasteiger partial charge in [0.1, 0.15) is 6.04 Å². The molecule has 1 aliphatic heterocycles. The van der Waals surface area contributed by atoms with Gasteiger partial charge in [-0.25, -0.2) is 0 Å². The van der Waals surface area contributed by atoms with Gasteiger partial charge in [-0.05, 0) is 36.1 Å². The number of hydrogen-bond donors (Lipinski definition) is 2. The first kappa shape index (κ1) is 26.0. The monoisotopic (exact) mass is 439 g/mol. The van der Waals surface area contributed by atoms with Crippen LogP contribution in [-0.4, -0.2) is 42.8 Å². The summed E-state index contributed by atoms with van der Waals surface area (Å²) in [7, 11) is 1.43. The Balaban J connectivity index is 0.000000859. The van der Waals surface area contributed by atoms with E-state index in [1.165, 1.54) is 32.4 Å². The number of amides is 3. The third-order valence-electron chi connectivity index (χ3n) is 4.73. The third kappa shape index (κ3) is 8.70. The SMILES string of the molecule is C#C.C1CC1.CNC(=O)[C@@H](CCC(=O)N1CCc2cc(C(F)(F)F)ccc2C1)NC=O. The molecule has 3 amide bonds. The van der Waals surface area contributed by atoms with Crippen LogP contribution < -0.4 is 10.6 Å². The van der Waals surface area contributed by atoms with Crippen molar-refractivity contribution in [1.29, 1.82) is 0 Å². The molecule has 0 unspecified atom stereocenters. The number of fused-ring (bicyclic) bond motifs is 1. The van der Waals surface area contributed by atoms with Crippen LogP contribution in [0.1, 0.15) is 48.8 Å². The molecule has 1 atom stereocenters. The quantitative estimate of drug-likeness (QED) is 0.529. The Bertz CT molecular complexity index is 773. The number of likely N-dealkylation sites (N-methyl/N-ethyl adjacent to an activating group) is 1. The zero-order valence-electron chi connectivity index (χ0n) is 17.5. The van der Waals surface area contributed by atoms with Gasteiger partial charge in [0.15, 0.2) is 0 Å². The smallest absolute Gasteiger partial charge is 0.357 e. The van der Waals surface area contributed by atoms with Crippen LogP contribution in [0, 0.1) is 12.8 Å². The van der Waals surface area contributed by atoms with E-state index in [1.54, 1.807) is 4.90 Å². The predicted octanol–water partition coefficient (Wildman–Crippen LogP) is 2.65. The predicted molar refractivity (Wildman–Crippen MR) is 111 cm³/mol. The number of hydrogen-bond acceptors (Lipinski definition) is 3. The summed E-state index contributed by atoms with van der Waals surface area (Å²) in [5.41, 5.74) is 0.589. The summed E-state index contributed by atoms with van der Waals surface area (Å²) < 4.78 is 38.3. The van der Waals surface area contributed by atoms with E-state index in [0.29, 0.717) is 30.5 Å². The van der Waals surface area contributed by atoms with E-state index in [0.717, 1.165) is 12.1 Å². The van der Waals surface area contributed by atoms with Crippen molar-refractivity contribution >= 4 is 18.2 Å². The maximum Gasteiger partial charge on any atom is 0.416 e. The second kappa shape index (κ2) is 12.6. The van der Waals surface area contributed by atoms with E-state index in [4.69, 9.17) is 0 Å². The molecule has 1 aromatic rings. The molecule has 2 aliphatic rings. The normalized spacial score (nSPS) is 15.0. The number of benzene rings is 1. The van der Waals surface area contributed by atoms with E-state index in [2.05, 4.69) is 23.5 Å². The number of rotatable bonds is 6. The number of nitrogens with one attached hydrogen (secondary N) is 2. The van der Waals surface area contributed by atoms with Gasteiger partial charge in [-0.3, -0.25) is 14.4 Å². The third-order valence-corrected chi connectivity index (χ3v) is 4.73. The molecular weight excluding hydrogens is 411 g/mol. The van der Waals surface area contributed by atoms with Crippen molar-refractivity contribution in [3.8, 4) is 12.8 Å². The minimum absolute atomic E-state index is 0.0505. The van der Waals surface area contributed by atoms with Crippen LogP contribution in [0.3, 0.4) is 0 Å². The molecule has 0 aromatic heterocycles. The highest BCUT2D eigenvalue weighted by Crippen LogP contribution is 2.32. The molecule has 0 saturated heterocycles. The molecule has 1 aromatic carbocycles. The fourth-order valence-corrected chi connectivity index (χ4v) is 2.91. The first-order valence-electron chi connectivity index (χ1n) is 9.97. The molecule has 6 nitrogen and oxygen atoms in total. The van der Waals surface area contributed by atoms with Gasteiger partial charge in [0.05, 0.1) is 5.56 Å². The minimum Gasteiger partial charge on any atom is -0.357 e. The van der Waals surface area contributed by atoms with Gasteiger partial charge in [-0.1, -0.05) is 25.3 Å². The van der Waals surface area contributed by atoms with Crippen molar-refractivity contribution in [1.82, 2.24) is 15.5 Å². The highest BCUT2D eigenvalue weighted by atomic mass is 19.4. The average Bonchev–Trinajstić information content (AvgIpc) is 3.65. The largest absolute Gasteiger partial charge is 0.416 e. The highest BCUT2D eigenvalue weighted by molar-refractivity contribution is 5.84. The van der Waals surface area contributed by atoms with Crippen molar-refractivity contribution < 1.29 is 27.6 Å². The van der Waals surface area contributed by atoms with E-state index in [9.17, 15) is 27.6 Å². The maximum absolute atomic E-state index is 12.8. The summed E-state index contributed by atoms with van der Waals surface area (Å²) in [6.07, 6.45) is 9.06. The van der Waals surface area contributed by atoms with Crippen molar-refractivity contribution in [3.05, 3.63) is 34.9 Å². The van der Waals surface area contributed by atoms with E-state index in [-0.39, 0.29) is 25.3 Å². The lowest BCUT2D eigenvalue weighted by Crippen LogP contribution is -2.43. The second-order valence-corrected chi connectivity index (χ2v) is 7.10. The van der Waals surface area contributed by atoms with Crippen LogP contribution in [0.4, 0.5) is 13.2 Å². The van der Waals surface area contributed by atoms with Crippen molar-refractivity contribution in [3.63, 3.8) is 0 Å². The fraction of sp³-hybridized carbons (Fsp3) is 0.500. The van der Waals surface area contributed by atoms with Crippen LogP contribution >= 0.6 is 0 Å². The van der Waals surface area contributed by atoms with Crippen LogP contribution in [0.5, 0.6) is 0 Å². The molecule has 1 aliphatic carbocycles. The summed E-state index contributed by atoms with van der Waals surface area (Å²) in [6, 6.07) is 2.75. The van der Waals surface area contributed by atoms with Crippen LogP contribution in [0.25, 0.3) is 0 Å². The summed E-state index contributed by atoms with van der Waals surface area (Å²) in [4.78, 5) is 36.1. The zero-order valence-corrected chi connectivity index (χ0v) is 17.5. The Hall–Kier alpha value is -3.02. The minimum atomic E-state index is -4.39. The molecule has 3 rings (SSSR count). The molecule has 0 spiro atoms. The molecule has 0 radical (unpaired) electrons. The lowest BCUT2D eigenvalue weighted by atomic mass is 9.96. The summed E-state index contributed by atoms with van der Waals surface area (Å²) in [5.74, 6) is -0.606. The first-order valence-corrected chi connectivity index (χ1v) is 9.97. The molecule has 1 heterocycles. The van der Waals surface area contributed by atoms with Gasteiger partial charge >= 0.3 is 6.18 Å². The fourth-order valence-electron chi connectivity index (χ4n) is 2.91. The Morgan fingerprint density at radius 1 is 1.19 bits per heavy atom. The van der Waals surface area contributed by atoms with E-state index >= 15 is 0 Å². The Kier molecular flexibility index (Phi) is 10.6. The summed E-state index contributed by atoms with van der Waals surface area (Å²) >= 11 is 0. The van der Waals surface area contributed by atoms with Crippen LogP contribution in [-0.2, 0) is 33.5 Å². The molecule has 1 saturated carbocycles. The summed E-state index contributed by atoms with van der Waals surface area (Å²) in [5, 5.41) is 4.76. The van der Waals surface area contributed by atoms with Gasteiger partial charge < -0.3 is 15.5 Å². The van der Waals surface area contributed by atoms with E-state index < -0.39 is 23.7 Å². The second-order valence-electron chi connectivity index (χ2n) is 7.10. The number of halogens is 3. The van der Waals surface area contributed by atoms with Crippen molar-refractivity contribution in [2.45, 2.75) is 57.3 Å². The topological polar surface area (TPSA) is 78.5 Å². The van der Waals surface area contributed by atoms with Gasteiger partial charge in [0.25, 0.3) is 0 Å². The van der Waals surface area contributed by atoms with Gasteiger partial charge in [-0.15, -0.1) is 12.8 Å². The molecule has 0 bridgehead atoms. The zero-order chi connectivity index (χ0) is 23.4. The van der Waals surface area contributed by atoms with E-state index in [1.807, 2.05) is 0 Å². The number of terminal acetylenes is 1. The number of alkyl halides is 3. The van der Waals surface area contributed by atoms with Gasteiger partial charge in [0.2, 0.25) is 18.2 Å². The van der Waals surface area contributed by atoms with Crippen molar-refractivity contribution in [2.75, 3.05) is 13.6 Å². The molecule has 170 valence electrons. The number of nitrogens with zero attached hydrogens (tertiary/aromatic N) is 1. The Labute approximate surface area is 180 Å². The first-order chi connectivity index (χ1) is 14.8. The van der Waals surface area contributed by atoms with Crippen LogP contribution in [0.2, 0.25) is 0 Å². The van der Waals surface area contributed by atoms with Crippen LogP contribution in [0.15, 0.2) is 18.2 Å². The molecule has 1 fully saturated rings. The number of carbonyl (C=O) groups excluding carboxylic acids is 3. The standard InChI is InChI=1S/C17H20F3N3O3.C3H6.C2H2/c1-21-16(26)14(22-10-24)4-5-15(25)23-7-6-11-8-13(17(18,19)20)3-2-12(11)9-23;1-2-3-1;1-2/h2-3,8,10,14H,4-7,9H2,1H3,(H,21,26)(H,22,24);1-3H2;1-2H/t14-;;/m1../s1. The van der Waals surface area contributed by atoms with Gasteiger partial charge in [-0.2, -0.15) is 13.2 Å². The Morgan fingerprint density at radius 2 is 1.84 bits per heavy atom. The van der Waals surface area contributed by atoms with Crippen molar-refractivity contribution in [2.24, 2.45) is 0 Å². The highest BCUT2D eigenvalue weighted by Gasteiger charge is 2.32. The maximum atomic E-state index is 12.8. The number of carbonyl (C=O) groups is 3. The molecular formula is C22H28F3N3O3. The van der Waals surface area contributed by atoms with Gasteiger partial charge in [0, 0.05) is 26.6 Å². The average molecular weight is 439 g/mol. The Morgan fingerprint density at radius 3 is 2.35 bits per heavy atom. The lowest BCUT2D eigenvalue weighted by molar-refractivity contribution is -0.138. The lowest BCUT2D eigenvalue weighted by Gasteiger charge is -2.30.